The summed E-state index contributed by atoms with van der Waals surface area (Å²) in [7, 11) is 0. The number of aromatic hydroxyl groups is 6. The topological polar surface area (TPSA) is 258 Å². The van der Waals surface area contributed by atoms with E-state index in [2.05, 4.69) is 0 Å². The molecule has 0 radical (unpaired) electrons. The van der Waals surface area contributed by atoms with E-state index < -0.39 is 95.1 Å². The summed E-state index contributed by atoms with van der Waals surface area (Å²) in [5, 5.41) is 78.4. The summed E-state index contributed by atoms with van der Waals surface area (Å²) in [5.74, 6) is -7.71. The lowest BCUT2D eigenvalue weighted by Crippen LogP contribution is -2.59. The second-order valence-electron chi connectivity index (χ2n) is 10.8. The molecule has 0 aromatic heterocycles. The van der Waals surface area contributed by atoms with Gasteiger partial charge in [0, 0.05) is 31.1 Å². The molecule has 0 heterocycles. The maximum atomic E-state index is 12.9. The van der Waals surface area contributed by atoms with Crippen LogP contribution in [0.25, 0.3) is 18.2 Å². The number of carbonyl (C=O) groups is 4. The van der Waals surface area contributed by atoms with Crippen molar-refractivity contribution in [2.75, 3.05) is 0 Å². The van der Waals surface area contributed by atoms with Gasteiger partial charge < -0.3 is 55.1 Å². The van der Waals surface area contributed by atoms with Gasteiger partial charge in [-0.1, -0.05) is 18.2 Å². The Morgan fingerprint density at radius 1 is 0.551 bits per heavy atom. The van der Waals surface area contributed by atoms with E-state index in [4.69, 9.17) is 14.2 Å². The average Bonchev–Trinajstić information content (AvgIpc) is 3.04. The zero-order chi connectivity index (χ0) is 35.9. The van der Waals surface area contributed by atoms with E-state index in [1.54, 1.807) is 0 Å². The molecule has 0 amide bonds. The molecule has 15 heteroatoms. The first-order chi connectivity index (χ1) is 23.1. The molecule has 3 aromatic rings. The summed E-state index contributed by atoms with van der Waals surface area (Å²) in [5.41, 5.74) is -1.85. The number of carbonyl (C=O) groups excluding carboxylic acids is 3. The van der Waals surface area contributed by atoms with Gasteiger partial charge in [-0.3, -0.25) is 0 Å². The number of aliphatic carboxylic acids is 1. The van der Waals surface area contributed by atoms with E-state index in [1.165, 1.54) is 42.5 Å². The number of phenolic OH excluding ortho intramolecular Hbond substituents is 6. The van der Waals surface area contributed by atoms with Crippen molar-refractivity contribution in [1.29, 1.82) is 0 Å². The number of esters is 3. The summed E-state index contributed by atoms with van der Waals surface area (Å²) in [4.78, 5) is 50.8. The van der Waals surface area contributed by atoms with Crippen molar-refractivity contribution in [2.24, 2.45) is 0 Å². The number of hydrogen-bond donors (Lipinski definition) is 8. The van der Waals surface area contributed by atoms with E-state index in [0.29, 0.717) is 0 Å². The molecular formula is C34H30O15. The van der Waals surface area contributed by atoms with Gasteiger partial charge in [0.2, 0.25) is 0 Å². The number of phenols is 6. The van der Waals surface area contributed by atoms with Crippen LogP contribution in [0.4, 0.5) is 0 Å². The number of benzene rings is 3. The Bertz CT molecular complexity index is 1760. The standard InChI is InChI=1S/C34H30O15/c35-21-7-1-18(13-24(21)38)4-10-29(41)47-27-16-34(46,33(44)45)17-28(48-30(42)11-5-19-2-8-22(36)25(39)14-19)32(27)49-31(43)12-6-20-3-9-23(37)26(40)15-20/h1-15,27-28,32,35-40,46H,16-17H2,(H,44,45)/b10-4+,11-5+,12-6+/t27-,28-,32?,34?/m1/s1. The van der Waals surface area contributed by atoms with Crippen molar-refractivity contribution in [3.63, 3.8) is 0 Å². The minimum absolute atomic E-state index is 0.256. The molecule has 1 aliphatic carbocycles. The predicted molar refractivity (Wildman–Crippen MR) is 168 cm³/mol. The van der Waals surface area contributed by atoms with E-state index in [9.17, 15) is 60.0 Å². The molecule has 1 aliphatic rings. The van der Waals surface area contributed by atoms with Crippen LogP contribution in [0.3, 0.4) is 0 Å². The average molecular weight is 679 g/mol. The SMILES string of the molecule is O=C(/C=C/c1ccc(O)c(O)c1)OC1[C@H](OC(=O)/C=C/c2ccc(O)c(O)c2)CC(O)(C(=O)O)C[C@H]1OC(=O)/C=C/c1ccc(O)c(O)c1. The van der Waals surface area contributed by atoms with E-state index in [-0.39, 0.29) is 16.7 Å². The Balaban J connectivity index is 1.62. The Morgan fingerprint density at radius 2 is 0.878 bits per heavy atom. The molecule has 4 rings (SSSR count). The van der Waals surface area contributed by atoms with Crippen molar-refractivity contribution >= 4 is 42.1 Å². The number of aliphatic hydroxyl groups is 1. The lowest BCUT2D eigenvalue weighted by atomic mass is 9.79. The molecule has 1 fully saturated rings. The fraction of sp³-hybridized carbons (Fsp3) is 0.176. The van der Waals surface area contributed by atoms with E-state index >= 15 is 0 Å². The first-order valence-electron chi connectivity index (χ1n) is 14.3. The van der Waals surface area contributed by atoms with Crippen molar-refractivity contribution in [2.45, 2.75) is 36.8 Å². The first kappa shape index (κ1) is 35.4. The van der Waals surface area contributed by atoms with Gasteiger partial charge in [-0.05, 0) is 71.3 Å². The van der Waals surface area contributed by atoms with Crippen LogP contribution in [0.15, 0.2) is 72.8 Å². The van der Waals surface area contributed by atoms with Crippen LogP contribution < -0.4 is 0 Å². The second-order valence-corrected chi connectivity index (χ2v) is 10.8. The van der Waals surface area contributed by atoms with Gasteiger partial charge in [-0.25, -0.2) is 19.2 Å². The monoisotopic (exact) mass is 678 g/mol. The normalized spacial score (nSPS) is 20.7. The zero-order valence-electron chi connectivity index (χ0n) is 25.2. The Labute approximate surface area is 277 Å². The summed E-state index contributed by atoms with van der Waals surface area (Å²) >= 11 is 0. The largest absolute Gasteiger partial charge is 0.504 e. The third kappa shape index (κ3) is 9.30. The predicted octanol–water partition coefficient (Wildman–Crippen LogP) is 2.71. The number of ether oxygens (including phenoxy) is 3. The highest BCUT2D eigenvalue weighted by atomic mass is 16.6. The number of carboxylic acids is 1. The van der Waals surface area contributed by atoms with Crippen molar-refractivity contribution in [3.8, 4) is 34.5 Å². The highest BCUT2D eigenvalue weighted by molar-refractivity contribution is 5.89. The van der Waals surface area contributed by atoms with Gasteiger partial charge in [0.15, 0.2) is 46.2 Å². The lowest BCUT2D eigenvalue weighted by Gasteiger charge is -2.41. The molecule has 2 atom stereocenters. The number of hydrogen-bond acceptors (Lipinski definition) is 14. The van der Waals surface area contributed by atoms with Gasteiger partial charge in [-0.2, -0.15) is 0 Å². The maximum absolute atomic E-state index is 12.9. The van der Waals surface area contributed by atoms with E-state index in [0.717, 1.165) is 48.6 Å². The summed E-state index contributed by atoms with van der Waals surface area (Å²) in [6.45, 7) is 0. The van der Waals surface area contributed by atoms with Crippen molar-refractivity contribution in [1.82, 2.24) is 0 Å². The number of rotatable bonds is 10. The Kier molecular flexibility index (Phi) is 10.8. The first-order valence-corrected chi connectivity index (χ1v) is 14.3. The minimum Gasteiger partial charge on any atom is -0.504 e. The van der Waals surface area contributed by atoms with Gasteiger partial charge in [-0.15, -0.1) is 0 Å². The minimum atomic E-state index is -2.63. The summed E-state index contributed by atoms with van der Waals surface area (Å²) in [6.07, 6.45) is -0.436. The summed E-state index contributed by atoms with van der Waals surface area (Å²) < 4.78 is 16.3. The maximum Gasteiger partial charge on any atom is 0.335 e. The third-order valence-electron chi connectivity index (χ3n) is 7.23. The molecule has 1 saturated carbocycles. The van der Waals surface area contributed by atoms with Crippen LogP contribution in [0.1, 0.15) is 29.5 Å². The molecule has 256 valence electrons. The fourth-order valence-corrected chi connectivity index (χ4v) is 4.74. The van der Waals surface area contributed by atoms with Gasteiger partial charge in [0.25, 0.3) is 0 Å². The molecule has 15 nitrogen and oxygen atoms in total. The Morgan fingerprint density at radius 3 is 1.18 bits per heavy atom. The van der Waals surface area contributed by atoms with Gasteiger partial charge in [0.1, 0.15) is 12.2 Å². The quantitative estimate of drug-likeness (QED) is 0.0664. The Hall–Kier alpha value is -6.48. The summed E-state index contributed by atoms with van der Waals surface area (Å²) in [6, 6.07) is 11.0. The van der Waals surface area contributed by atoms with Crippen LogP contribution in [-0.2, 0) is 33.4 Å². The van der Waals surface area contributed by atoms with E-state index in [1.807, 2.05) is 0 Å². The molecule has 0 aliphatic heterocycles. The molecule has 0 spiro atoms. The van der Waals surface area contributed by atoms with Crippen molar-refractivity contribution < 1.29 is 74.2 Å². The van der Waals surface area contributed by atoms with Crippen LogP contribution in [0, 0.1) is 0 Å². The molecule has 0 unspecified atom stereocenters. The molecule has 0 saturated heterocycles. The smallest absolute Gasteiger partial charge is 0.335 e. The third-order valence-corrected chi connectivity index (χ3v) is 7.23. The molecule has 49 heavy (non-hydrogen) atoms. The van der Waals surface area contributed by atoms with Crippen LogP contribution in [0.2, 0.25) is 0 Å². The fourth-order valence-electron chi connectivity index (χ4n) is 4.74. The molecule has 3 aromatic carbocycles. The molecule has 8 N–H and O–H groups in total. The highest BCUT2D eigenvalue weighted by Crippen LogP contribution is 2.36. The van der Waals surface area contributed by atoms with Crippen LogP contribution in [-0.4, -0.2) is 88.6 Å². The van der Waals surface area contributed by atoms with Gasteiger partial charge >= 0.3 is 23.9 Å². The second kappa shape index (κ2) is 15.0. The van der Waals surface area contributed by atoms with Crippen LogP contribution in [0.5, 0.6) is 34.5 Å². The molecule has 0 bridgehead atoms. The number of carboxylic acid groups (broad SMARTS) is 1. The molecular weight excluding hydrogens is 648 g/mol. The zero-order valence-corrected chi connectivity index (χ0v) is 25.2. The van der Waals surface area contributed by atoms with Gasteiger partial charge in [0.05, 0.1) is 0 Å². The highest BCUT2D eigenvalue weighted by Gasteiger charge is 2.54. The lowest BCUT2D eigenvalue weighted by molar-refractivity contribution is -0.211. The van der Waals surface area contributed by atoms with Crippen molar-refractivity contribution in [3.05, 3.63) is 89.5 Å². The van der Waals surface area contributed by atoms with Crippen LogP contribution >= 0.6 is 0 Å².